The van der Waals surface area contributed by atoms with Gasteiger partial charge in [0, 0.05) is 12.3 Å². The summed E-state index contributed by atoms with van der Waals surface area (Å²) in [6.07, 6.45) is 6.29. The van der Waals surface area contributed by atoms with Crippen molar-refractivity contribution in [2.45, 2.75) is 40.0 Å². The first kappa shape index (κ1) is 13.0. The van der Waals surface area contributed by atoms with Gasteiger partial charge in [-0.05, 0) is 6.42 Å². The number of unbranched alkanes of at least 4 members (excludes halogenated alkanes) is 2. The van der Waals surface area contributed by atoms with Crippen LogP contribution in [0.15, 0.2) is 0 Å². The van der Waals surface area contributed by atoms with Crippen LogP contribution in [0.1, 0.15) is 40.0 Å². The van der Waals surface area contributed by atoms with Crippen LogP contribution in [-0.4, -0.2) is 12.6 Å². The van der Waals surface area contributed by atoms with Gasteiger partial charge in [0.15, 0.2) is 6.29 Å². The molecule has 0 heterocycles. The van der Waals surface area contributed by atoms with E-state index in [0.29, 0.717) is 6.42 Å². The van der Waals surface area contributed by atoms with Crippen molar-refractivity contribution in [3.8, 4) is 0 Å². The Balaban J connectivity index is 0. The van der Waals surface area contributed by atoms with Gasteiger partial charge in [0.1, 0.15) is 0 Å². The average molecular weight is 156 g/mol. The molecule has 11 heavy (non-hydrogen) atoms. The highest BCUT2D eigenvalue weighted by molar-refractivity contribution is 5.52. The Hall–Kier alpha value is -0.660. The Bertz CT molecular complexity index is 87.6. The third kappa shape index (κ3) is 26.7. The van der Waals surface area contributed by atoms with Gasteiger partial charge < -0.3 is 0 Å². The highest BCUT2D eigenvalue weighted by Crippen LogP contribution is 1.87. The zero-order valence-corrected chi connectivity index (χ0v) is 7.52. The van der Waals surface area contributed by atoms with Gasteiger partial charge in [-0.25, -0.2) is 0 Å². The van der Waals surface area contributed by atoms with E-state index in [0.717, 1.165) is 12.8 Å². The summed E-state index contributed by atoms with van der Waals surface area (Å²) >= 11 is 0. The lowest BCUT2D eigenvalue weighted by molar-refractivity contribution is 0.537. The minimum Gasteiger partial charge on any atom is -0.291 e. The normalized spacial score (nSPS) is 8.36. The van der Waals surface area contributed by atoms with Crippen molar-refractivity contribution in [2.75, 3.05) is 0 Å². The molecule has 0 aromatic heterocycles. The molecule has 2 nitrogen and oxygen atoms in total. The number of hydrogen-bond acceptors (Lipinski definition) is 2. The molecule has 0 unspecified atom stereocenters. The fourth-order valence-electron chi connectivity index (χ4n) is 0.249. The topological polar surface area (TPSA) is 34.1 Å². The van der Waals surface area contributed by atoms with Crippen LogP contribution < -0.4 is 0 Å². The summed E-state index contributed by atoms with van der Waals surface area (Å²) in [5.74, 6) is 0.0787. The summed E-state index contributed by atoms with van der Waals surface area (Å²) < 4.78 is 0. The first-order valence-corrected chi connectivity index (χ1v) is 3.91. The monoisotopic (exact) mass is 156 g/mol. The molecule has 0 bridgehead atoms. The summed E-state index contributed by atoms with van der Waals surface area (Å²) in [7, 11) is 0. The minimum absolute atomic E-state index is 0.0787. The number of carbonyl (C=O) groups excluding carboxylic acids is 2. The van der Waals surface area contributed by atoms with Crippen molar-refractivity contribution in [2.24, 2.45) is 5.92 Å². The first-order valence-electron chi connectivity index (χ1n) is 3.91. The van der Waals surface area contributed by atoms with Crippen molar-refractivity contribution < 1.29 is 9.59 Å². The fraction of sp³-hybridized carbons (Fsp3) is 0.778. The second-order valence-electron chi connectivity index (χ2n) is 2.52. The average Bonchev–Trinajstić information content (AvgIpc) is 2.02. The molecule has 0 N–H and O–H groups in total. The van der Waals surface area contributed by atoms with Crippen LogP contribution >= 0.6 is 0 Å². The predicted octanol–water partition coefficient (Wildman–Crippen LogP) is 2.04. The standard InChI is InChI=1S/C5H9O.C4H7O/c1-2-3-4-5-6;1-4(2)3-5/h2-4H2,1H3;4H,1-2H3. The SMILES string of the molecule is CC(C)[C]=O.CCCC[C]=O. The van der Waals surface area contributed by atoms with Gasteiger partial charge in [0.05, 0.1) is 0 Å². The van der Waals surface area contributed by atoms with Crippen LogP contribution in [-0.2, 0) is 9.59 Å². The van der Waals surface area contributed by atoms with Crippen molar-refractivity contribution in [1.29, 1.82) is 0 Å². The zero-order chi connectivity index (χ0) is 9.11. The van der Waals surface area contributed by atoms with E-state index < -0.39 is 0 Å². The lowest BCUT2D eigenvalue weighted by Crippen LogP contribution is -1.82. The van der Waals surface area contributed by atoms with Crippen molar-refractivity contribution in [3.63, 3.8) is 0 Å². The number of hydrogen-bond donors (Lipinski definition) is 0. The van der Waals surface area contributed by atoms with E-state index in [1.54, 1.807) is 20.1 Å². The molecule has 0 aliphatic carbocycles. The maximum absolute atomic E-state index is 9.44. The van der Waals surface area contributed by atoms with Crippen LogP contribution in [0.2, 0.25) is 0 Å². The second-order valence-corrected chi connectivity index (χ2v) is 2.52. The summed E-state index contributed by atoms with van der Waals surface area (Å²) in [5, 5.41) is 0. The molecule has 0 spiro atoms. The zero-order valence-electron chi connectivity index (χ0n) is 7.52. The van der Waals surface area contributed by atoms with Crippen LogP contribution in [0.4, 0.5) is 0 Å². The van der Waals surface area contributed by atoms with E-state index in [1.807, 2.05) is 6.29 Å². The van der Waals surface area contributed by atoms with Crippen LogP contribution in [0.5, 0.6) is 0 Å². The number of rotatable bonds is 4. The molecule has 64 valence electrons. The van der Waals surface area contributed by atoms with Crippen molar-refractivity contribution in [1.82, 2.24) is 0 Å². The van der Waals surface area contributed by atoms with Gasteiger partial charge in [0.25, 0.3) is 0 Å². The van der Waals surface area contributed by atoms with Gasteiger partial charge >= 0.3 is 0 Å². The quantitative estimate of drug-likeness (QED) is 0.584. The Morgan fingerprint density at radius 1 is 1.27 bits per heavy atom. The van der Waals surface area contributed by atoms with E-state index in [9.17, 15) is 9.59 Å². The molecule has 0 saturated heterocycles. The van der Waals surface area contributed by atoms with E-state index >= 15 is 0 Å². The molecule has 0 atom stereocenters. The summed E-state index contributed by atoms with van der Waals surface area (Å²) in [5.41, 5.74) is 0. The fourth-order valence-corrected chi connectivity index (χ4v) is 0.249. The highest BCUT2D eigenvalue weighted by atomic mass is 16.1. The Morgan fingerprint density at radius 2 is 1.73 bits per heavy atom. The van der Waals surface area contributed by atoms with E-state index in [4.69, 9.17) is 0 Å². The van der Waals surface area contributed by atoms with Crippen LogP contribution in [0.25, 0.3) is 0 Å². The van der Waals surface area contributed by atoms with Gasteiger partial charge in [0.2, 0.25) is 6.29 Å². The van der Waals surface area contributed by atoms with Gasteiger partial charge in [-0.1, -0.05) is 27.2 Å². The van der Waals surface area contributed by atoms with Gasteiger partial charge in [-0.2, -0.15) is 0 Å². The second kappa shape index (κ2) is 12.1. The maximum Gasteiger partial charge on any atom is 0.201 e. The van der Waals surface area contributed by atoms with Gasteiger partial charge in [-0.3, -0.25) is 9.59 Å². The summed E-state index contributed by atoms with van der Waals surface area (Å²) in [6.45, 7) is 5.65. The Morgan fingerprint density at radius 3 is 1.82 bits per heavy atom. The largest absolute Gasteiger partial charge is 0.291 e. The predicted molar refractivity (Wildman–Crippen MR) is 45.8 cm³/mol. The minimum atomic E-state index is 0.0787. The molecule has 0 aliphatic heterocycles. The molecular weight excluding hydrogens is 140 g/mol. The molecule has 0 aliphatic rings. The molecule has 0 aromatic rings. The molecule has 2 radical (unpaired) electrons. The van der Waals surface area contributed by atoms with E-state index in [1.165, 1.54) is 0 Å². The lowest BCUT2D eigenvalue weighted by atomic mass is 10.3. The molecular formula is C9H16O2. The molecule has 0 rings (SSSR count). The molecule has 0 aromatic carbocycles. The van der Waals surface area contributed by atoms with Crippen LogP contribution in [0.3, 0.4) is 0 Å². The van der Waals surface area contributed by atoms with E-state index in [2.05, 4.69) is 6.92 Å². The molecule has 0 fully saturated rings. The highest BCUT2D eigenvalue weighted by Gasteiger charge is 1.82. The molecule has 0 amide bonds. The summed E-state index contributed by atoms with van der Waals surface area (Å²) in [6, 6.07) is 0. The van der Waals surface area contributed by atoms with Gasteiger partial charge in [-0.15, -0.1) is 0 Å². The van der Waals surface area contributed by atoms with Crippen LogP contribution in [0, 0.1) is 5.92 Å². The molecule has 0 saturated carbocycles. The van der Waals surface area contributed by atoms with E-state index in [-0.39, 0.29) is 5.92 Å². The first-order chi connectivity index (χ1) is 5.18. The maximum atomic E-state index is 9.44. The lowest BCUT2D eigenvalue weighted by Gasteiger charge is -1.77. The van der Waals surface area contributed by atoms with Crippen molar-refractivity contribution in [3.05, 3.63) is 0 Å². The summed E-state index contributed by atoms with van der Waals surface area (Å²) in [4.78, 5) is 18.8. The van der Waals surface area contributed by atoms with Crippen molar-refractivity contribution >= 4 is 12.6 Å². The Labute approximate surface area is 69.0 Å². The molecule has 2 heteroatoms. The Kier molecular flexibility index (Phi) is 14.2. The third-order valence-corrected chi connectivity index (χ3v) is 0.868. The smallest absolute Gasteiger partial charge is 0.201 e. The third-order valence-electron chi connectivity index (χ3n) is 0.868.